The molecule has 1 aromatic rings. The van der Waals surface area contributed by atoms with Gasteiger partial charge in [-0.15, -0.1) is 0 Å². The van der Waals surface area contributed by atoms with E-state index in [-0.39, 0.29) is 6.61 Å². The average molecular weight is 180 g/mol. The van der Waals surface area contributed by atoms with E-state index in [4.69, 9.17) is 15.2 Å². The Kier molecular flexibility index (Phi) is 3.09. The Bertz CT molecular complexity index is 310. The van der Waals surface area contributed by atoms with Crippen LogP contribution in [0.1, 0.15) is 16.7 Å². The van der Waals surface area contributed by atoms with Crippen molar-refractivity contribution in [2.45, 2.75) is 20.5 Å². The van der Waals surface area contributed by atoms with Crippen molar-refractivity contribution in [3.05, 3.63) is 28.8 Å². The highest BCUT2D eigenvalue weighted by molar-refractivity contribution is 6.59. The normalized spacial score (nSPS) is 10.2. The quantitative estimate of drug-likeness (QED) is 0.536. The molecule has 0 aliphatic carbocycles. The number of rotatable bonds is 2. The third-order valence-corrected chi connectivity index (χ3v) is 2.39. The summed E-state index contributed by atoms with van der Waals surface area (Å²) in [7, 11) is -1.44. The third-order valence-electron chi connectivity index (χ3n) is 2.39. The molecule has 1 rings (SSSR count). The number of hydrogen-bond donors (Lipinski definition) is 3. The zero-order chi connectivity index (χ0) is 10.0. The summed E-state index contributed by atoms with van der Waals surface area (Å²) in [4.78, 5) is 0. The highest BCUT2D eigenvalue weighted by atomic mass is 16.4. The standard InChI is InChI=1S/C9H13BO3/c1-6-7(2)9(10(12)13)4-3-8(6)5-11/h3-4,11-13H,5H2,1-2H3. The summed E-state index contributed by atoms with van der Waals surface area (Å²) in [6, 6.07) is 3.33. The summed E-state index contributed by atoms with van der Waals surface area (Å²) in [6.07, 6.45) is 0. The molecule has 13 heavy (non-hydrogen) atoms. The first-order chi connectivity index (χ1) is 6.07. The van der Waals surface area contributed by atoms with Gasteiger partial charge in [0.1, 0.15) is 0 Å². The molecule has 0 amide bonds. The predicted octanol–water partition coefficient (Wildman–Crippen LogP) is -0.524. The molecule has 0 spiro atoms. The van der Waals surface area contributed by atoms with Gasteiger partial charge in [0, 0.05) is 0 Å². The van der Waals surface area contributed by atoms with E-state index in [1.165, 1.54) is 0 Å². The molecule has 0 aliphatic heterocycles. The van der Waals surface area contributed by atoms with Crippen molar-refractivity contribution >= 4 is 12.6 Å². The van der Waals surface area contributed by atoms with Crippen LogP contribution in [0.3, 0.4) is 0 Å². The Balaban J connectivity index is 3.23. The molecule has 0 heterocycles. The molecule has 4 heteroatoms. The van der Waals surface area contributed by atoms with Gasteiger partial charge in [-0.3, -0.25) is 0 Å². The molecule has 3 nitrogen and oxygen atoms in total. The van der Waals surface area contributed by atoms with Crippen LogP contribution in [0.15, 0.2) is 12.1 Å². The van der Waals surface area contributed by atoms with Crippen LogP contribution in [0.4, 0.5) is 0 Å². The lowest BCUT2D eigenvalue weighted by Gasteiger charge is -2.11. The Morgan fingerprint density at radius 1 is 1.15 bits per heavy atom. The van der Waals surface area contributed by atoms with E-state index in [1.807, 2.05) is 13.8 Å². The van der Waals surface area contributed by atoms with Gasteiger partial charge in [0.05, 0.1) is 6.61 Å². The van der Waals surface area contributed by atoms with Gasteiger partial charge in [-0.25, -0.2) is 0 Å². The topological polar surface area (TPSA) is 60.7 Å². The fraction of sp³-hybridized carbons (Fsp3) is 0.333. The number of aliphatic hydroxyl groups is 1. The summed E-state index contributed by atoms with van der Waals surface area (Å²) in [5.41, 5.74) is 3.05. The second-order valence-electron chi connectivity index (χ2n) is 3.10. The van der Waals surface area contributed by atoms with Crippen LogP contribution in [-0.2, 0) is 6.61 Å². The zero-order valence-electron chi connectivity index (χ0n) is 7.78. The molecule has 0 bridgehead atoms. The molecule has 0 aliphatic rings. The first-order valence-electron chi connectivity index (χ1n) is 4.14. The highest BCUT2D eigenvalue weighted by Crippen LogP contribution is 2.11. The van der Waals surface area contributed by atoms with Crippen molar-refractivity contribution in [2.24, 2.45) is 0 Å². The minimum Gasteiger partial charge on any atom is -0.423 e. The van der Waals surface area contributed by atoms with Crippen molar-refractivity contribution < 1.29 is 15.2 Å². The number of benzene rings is 1. The van der Waals surface area contributed by atoms with Crippen molar-refractivity contribution in [2.75, 3.05) is 0 Å². The summed E-state index contributed by atoms with van der Waals surface area (Å²) in [5, 5.41) is 26.9. The van der Waals surface area contributed by atoms with Crippen LogP contribution in [0, 0.1) is 13.8 Å². The van der Waals surface area contributed by atoms with E-state index < -0.39 is 7.12 Å². The van der Waals surface area contributed by atoms with E-state index in [0.29, 0.717) is 5.46 Å². The fourth-order valence-corrected chi connectivity index (χ4v) is 1.35. The molecular weight excluding hydrogens is 167 g/mol. The van der Waals surface area contributed by atoms with Gasteiger partial charge < -0.3 is 15.2 Å². The zero-order valence-corrected chi connectivity index (χ0v) is 7.78. The van der Waals surface area contributed by atoms with Gasteiger partial charge >= 0.3 is 7.12 Å². The van der Waals surface area contributed by atoms with Gasteiger partial charge in [0.25, 0.3) is 0 Å². The smallest absolute Gasteiger partial charge is 0.423 e. The van der Waals surface area contributed by atoms with Gasteiger partial charge in [0.15, 0.2) is 0 Å². The Hall–Kier alpha value is -0.835. The minimum atomic E-state index is -1.44. The lowest BCUT2D eigenvalue weighted by atomic mass is 9.75. The summed E-state index contributed by atoms with van der Waals surface area (Å²) in [6.45, 7) is 3.64. The second-order valence-corrected chi connectivity index (χ2v) is 3.10. The van der Waals surface area contributed by atoms with Crippen LogP contribution in [0.5, 0.6) is 0 Å². The SMILES string of the molecule is Cc1c(CO)ccc(B(O)O)c1C. The number of hydrogen-bond acceptors (Lipinski definition) is 3. The first-order valence-corrected chi connectivity index (χ1v) is 4.14. The Morgan fingerprint density at radius 2 is 1.77 bits per heavy atom. The molecule has 0 atom stereocenters. The van der Waals surface area contributed by atoms with Crippen LogP contribution < -0.4 is 5.46 Å². The van der Waals surface area contributed by atoms with Crippen molar-refractivity contribution in [3.8, 4) is 0 Å². The minimum absolute atomic E-state index is 0.0194. The second kappa shape index (κ2) is 3.92. The van der Waals surface area contributed by atoms with Crippen molar-refractivity contribution in [1.82, 2.24) is 0 Å². The van der Waals surface area contributed by atoms with Crippen molar-refractivity contribution in [1.29, 1.82) is 0 Å². The van der Waals surface area contributed by atoms with E-state index in [9.17, 15) is 0 Å². The first kappa shape index (κ1) is 10.2. The van der Waals surface area contributed by atoms with E-state index >= 15 is 0 Å². The number of aliphatic hydroxyl groups excluding tert-OH is 1. The summed E-state index contributed by atoms with van der Waals surface area (Å²) in [5.74, 6) is 0. The maximum Gasteiger partial charge on any atom is 0.488 e. The van der Waals surface area contributed by atoms with Crippen LogP contribution >= 0.6 is 0 Å². The summed E-state index contributed by atoms with van der Waals surface area (Å²) >= 11 is 0. The Labute approximate surface area is 77.8 Å². The summed E-state index contributed by atoms with van der Waals surface area (Å²) < 4.78 is 0. The van der Waals surface area contributed by atoms with Crippen LogP contribution in [-0.4, -0.2) is 22.3 Å². The maximum absolute atomic E-state index is 8.99. The largest absolute Gasteiger partial charge is 0.488 e. The van der Waals surface area contributed by atoms with Crippen LogP contribution in [0.25, 0.3) is 0 Å². The molecular formula is C9H13BO3. The third kappa shape index (κ3) is 1.91. The molecule has 0 saturated heterocycles. The van der Waals surface area contributed by atoms with Crippen molar-refractivity contribution in [3.63, 3.8) is 0 Å². The maximum atomic E-state index is 8.99. The van der Waals surface area contributed by atoms with E-state index in [1.54, 1.807) is 12.1 Å². The lowest BCUT2D eigenvalue weighted by molar-refractivity contribution is 0.281. The monoisotopic (exact) mass is 180 g/mol. The lowest BCUT2D eigenvalue weighted by Crippen LogP contribution is -2.32. The molecule has 3 N–H and O–H groups in total. The Morgan fingerprint density at radius 3 is 2.23 bits per heavy atom. The van der Waals surface area contributed by atoms with E-state index in [2.05, 4.69) is 0 Å². The van der Waals surface area contributed by atoms with E-state index in [0.717, 1.165) is 16.7 Å². The molecule has 0 radical (unpaired) electrons. The fourth-order valence-electron chi connectivity index (χ4n) is 1.35. The average Bonchev–Trinajstić information content (AvgIpc) is 2.09. The molecule has 70 valence electrons. The van der Waals surface area contributed by atoms with Gasteiger partial charge in [-0.05, 0) is 36.0 Å². The highest BCUT2D eigenvalue weighted by Gasteiger charge is 2.15. The molecule has 0 fully saturated rings. The molecule has 0 unspecified atom stereocenters. The van der Waals surface area contributed by atoms with Gasteiger partial charge in [-0.1, -0.05) is 12.1 Å². The molecule has 1 aromatic carbocycles. The van der Waals surface area contributed by atoms with Crippen LogP contribution in [0.2, 0.25) is 0 Å². The van der Waals surface area contributed by atoms with Gasteiger partial charge in [-0.2, -0.15) is 0 Å². The molecule has 0 saturated carbocycles. The predicted molar refractivity (Wildman–Crippen MR) is 51.7 cm³/mol. The van der Waals surface area contributed by atoms with Gasteiger partial charge in [0.2, 0.25) is 0 Å². The molecule has 0 aromatic heterocycles.